The molecule has 3 rings (SSSR count). The highest BCUT2D eigenvalue weighted by Crippen LogP contribution is 2.33. The standard InChI is InChI=1S/C16H21NO/c1-12-8-9-15-14(11-12)7-4-10-17(15)16(18)13-5-2-3-6-13/h8-9,11,13H,2-7,10H2,1H3. The molecule has 0 N–H and O–H groups in total. The summed E-state index contributed by atoms with van der Waals surface area (Å²) in [6.07, 6.45) is 6.86. The maximum atomic E-state index is 12.6. The number of carbonyl (C=O) groups is 1. The fourth-order valence-electron chi connectivity index (χ4n) is 3.35. The van der Waals surface area contributed by atoms with Crippen LogP contribution in [0.25, 0.3) is 0 Å². The van der Waals surface area contributed by atoms with Crippen LogP contribution in [0.4, 0.5) is 5.69 Å². The zero-order valence-electron chi connectivity index (χ0n) is 11.1. The van der Waals surface area contributed by atoms with Crippen molar-refractivity contribution in [3.63, 3.8) is 0 Å². The van der Waals surface area contributed by atoms with Gasteiger partial charge in [-0.1, -0.05) is 30.5 Å². The number of hydrogen-bond donors (Lipinski definition) is 0. The van der Waals surface area contributed by atoms with E-state index in [0.717, 1.165) is 32.2 Å². The van der Waals surface area contributed by atoms with Gasteiger partial charge >= 0.3 is 0 Å². The highest BCUT2D eigenvalue weighted by Gasteiger charge is 2.30. The normalized spacial score (nSPS) is 19.9. The summed E-state index contributed by atoms with van der Waals surface area (Å²) in [4.78, 5) is 14.6. The van der Waals surface area contributed by atoms with Gasteiger partial charge in [-0.15, -0.1) is 0 Å². The molecule has 0 aromatic heterocycles. The van der Waals surface area contributed by atoms with Crippen molar-refractivity contribution in [2.75, 3.05) is 11.4 Å². The lowest BCUT2D eigenvalue weighted by molar-refractivity contribution is -0.122. The van der Waals surface area contributed by atoms with Gasteiger partial charge in [-0.3, -0.25) is 4.79 Å². The molecule has 0 atom stereocenters. The molecule has 1 saturated carbocycles. The quantitative estimate of drug-likeness (QED) is 0.739. The van der Waals surface area contributed by atoms with Gasteiger partial charge in [0.05, 0.1) is 0 Å². The Morgan fingerprint density at radius 2 is 2.00 bits per heavy atom. The third-order valence-corrected chi connectivity index (χ3v) is 4.32. The molecule has 96 valence electrons. The highest BCUT2D eigenvalue weighted by molar-refractivity contribution is 5.96. The van der Waals surface area contributed by atoms with Crippen molar-refractivity contribution in [3.8, 4) is 0 Å². The molecule has 0 unspecified atom stereocenters. The van der Waals surface area contributed by atoms with Crippen LogP contribution in [0.15, 0.2) is 18.2 Å². The van der Waals surface area contributed by atoms with Crippen molar-refractivity contribution in [1.29, 1.82) is 0 Å². The first kappa shape index (κ1) is 11.8. The molecular weight excluding hydrogens is 222 g/mol. The highest BCUT2D eigenvalue weighted by atomic mass is 16.2. The van der Waals surface area contributed by atoms with Gasteiger partial charge in [0.2, 0.25) is 5.91 Å². The second-order valence-electron chi connectivity index (χ2n) is 5.71. The zero-order chi connectivity index (χ0) is 12.5. The molecule has 2 aliphatic rings. The first-order chi connectivity index (χ1) is 8.75. The van der Waals surface area contributed by atoms with Gasteiger partial charge in [0.1, 0.15) is 0 Å². The number of hydrogen-bond acceptors (Lipinski definition) is 1. The zero-order valence-corrected chi connectivity index (χ0v) is 11.1. The fourth-order valence-corrected chi connectivity index (χ4v) is 3.35. The molecule has 1 heterocycles. The van der Waals surface area contributed by atoms with E-state index in [1.54, 1.807) is 0 Å². The molecule has 1 aliphatic heterocycles. The van der Waals surface area contributed by atoms with Gasteiger partial charge in [-0.05, 0) is 44.2 Å². The van der Waals surface area contributed by atoms with Crippen LogP contribution in [0.2, 0.25) is 0 Å². The topological polar surface area (TPSA) is 20.3 Å². The summed E-state index contributed by atoms with van der Waals surface area (Å²) in [7, 11) is 0. The van der Waals surface area contributed by atoms with Crippen molar-refractivity contribution < 1.29 is 4.79 Å². The predicted octanol–water partition coefficient (Wildman–Crippen LogP) is 3.46. The molecule has 0 saturated heterocycles. The van der Waals surface area contributed by atoms with E-state index in [0.29, 0.717) is 5.91 Å². The van der Waals surface area contributed by atoms with Gasteiger partial charge in [-0.25, -0.2) is 0 Å². The monoisotopic (exact) mass is 243 g/mol. The van der Waals surface area contributed by atoms with Crippen LogP contribution in [0.5, 0.6) is 0 Å². The lowest BCUT2D eigenvalue weighted by Gasteiger charge is -2.31. The smallest absolute Gasteiger partial charge is 0.230 e. The number of benzene rings is 1. The third kappa shape index (κ3) is 2.05. The van der Waals surface area contributed by atoms with E-state index >= 15 is 0 Å². The van der Waals surface area contributed by atoms with Gasteiger partial charge in [-0.2, -0.15) is 0 Å². The molecule has 1 aromatic carbocycles. The average Bonchev–Trinajstić information content (AvgIpc) is 2.90. The number of rotatable bonds is 1. The van der Waals surface area contributed by atoms with E-state index in [1.807, 2.05) is 4.90 Å². The van der Waals surface area contributed by atoms with E-state index in [9.17, 15) is 4.79 Å². The molecule has 18 heavy (non-hydrogen) atoms. The number of carbonyl (C=O) groups excluding carboxylic acids is 1. The van der Waals surface area contributed by atoms with Gasteiger partial charge in [0.15, 0.2) is 0 Å². The Morgan fingerprint density at radius 3 is 2.78 bits per heavy atom. The Labute approximate surface area is 109 Å². The molecule has 0 bridgehead atoms. The minimum absolute atomic E-state index is 0.289. The first-order valence-electron chi connectivity index (χ1n) is 7.16. The maximum Gasteiger partial charge on any atom is 0.230 e. The fraction of sp³-hybridized carbons (Fsp3) is 0.562. The van der Waals surface area contributed by atoms with Crippen molar-refractivity contribution in [2.45, 2.75) is 45.4 Å². The Hall–Kier alpha value is -1.31. The summed E-state index contributed by atoms with van der Waals surface area (Å²) in [5.41, 5.74) is 3.82. The SMILES string of the molecule is Cc1ccc2c(c1)CCCN2C(=O)C1CCCC1. The minimum atomic E-state index is 0.289. The van der Waals surface area contributed by atoms with Gasteiger partial charge in [0.25, 0.3) is 0 Å². The number of fused-ring (bicyclic) bond motifs is 1. The molecule has 1 amide bonds. The largest absolute Gasteiger partial charge is 0.312 e. The Bertz CT molecular complexity index is 460. The molecule has 1 fully saturated rings. The second kappa shape index (κ2) is 4.75. The molecule has 1 aromatic rings. The van der Waals surface area contributed by atoms with Crippen LogP contribution in [0.3, 0.4) is 0 Å². The van der Waals surface area contributed by atoms with Gasteiger partial charge < -0.3 is 4.90 Å². The van der Waals surface area contributed by atoms with Crippen molar-refractivity contribution >= 4 is 11.6 Å². The summed E-state index contributed by atoms with van der Waals surface area (Å²) in [6.45, 7) is 3.03. The minimum Gasteiger partial charge on any atom is -0.312 e. The van der Waals surface area contributed by atoms with Crippen LogP contribution in [-0.4, -0.2) is 12.5 Å². The van der Waals surface area contributed by atoms with E-state index < -0.39 is 0 Å². The van der Waals surface area contributed by atoms with Crippen LogP contribution in [-0.2, 0) is 11.2 Å². The van der Waals surface area contributed by atoms with Crippen molar-refractivity contribution in [2.24, 2.45) is 5.92 Å². The summed E-state index contributed by atoms with van der Waals surface area (Å²) in [6, 6.07) is 6.50. The Morgan fingerprint density at radius 1 is 1.22 bits per heavy atom. The maximum absolute atomic E-state index is 12.6. The van der Waals surface area contributed by atoms with Crippen molar-refractivity contribution in [1.82, 2.24) is 0 Å². The van der Waals surface area contributed by atoms with Crippen LogP contribution >= 0.6 is 0 Å². The van der Waals surface area contributed by atoms with Crippen LogP contribution in [0.1, 0.15) is 43.2 Å². The van der Waals surface area contributed by atoms with Gasteiger partial charge in [0, 0.05) is 18.2 Å². The first-order valence-corrected chi connectivity index (χ1v) is 7.16. The molecular formula is C16H21NO. The second-order valence-corrected chi connectivity index (χ2v) is 5.71. The Balaban J connectivity index is 1.88. The van der Waals surface area contributed by atoms with E-state index in [4.69, 9.17) is 0 Å². The van der Waals surface area contributed by atoms with Crippen LogP contribution in [0, 0.1) is 12.8 Å². The lowest BCUT2D eigenvalue weighted by Crippen LogP contribution is -2.39. The third-order valence-electron chi connectivity index (χ3n) is 4.32. The molecule has 1 aliphatic carbocycles. The predicted molar refractivity (Wildman–Crippen MR) is 73.8 cm³/mol. The average molecular weight is 243 g/mol. The lowest BCUT2D eigenvalue weighted by atomic mass is 9.97. The molecule has 2 nitrogen and oxygen atoms in total. The number of amides is 1. The summed E-state index contributed by atoms with van der Waals surface area (Å²) in [5.74, 6) is 0.662. The molecule has 0 radical (unpaired) electrons. The number of anilines is 1. The van der Waals surface area contributed by atoms with E-state index in [-0.39, 0.29) is 5.92 Å². The number of aryl methyl sites for hydroxylation is 2. The molecule has 2 heteroatoms. The summed E-state index contributed by atoms with van der Waals surface area (Å²) < 4.78 is 0. The molecule has 0 spiro atoms. The Kier molecular flexibility index (Phi) is 3.11. The number of nitrogens with zero attached hydrogens (tertiary/aromatic N) is 1. The van der Waals surface area contributed by atoms with E-state index in [2.05, 4.69) is 25.1 Å². The van der Waals surface area contributed by atoms with Crippen molar-refractivity contribution in [3.05, 3.63) is 29.3 Å². The summed E-state index contributed by atoms with van der Waals surface area (Å²) >= 11 is 0. The summed E-state index contributed by atoms with van der Waals surface area (Å²) in [5, 5.41) is 0. The van der Waals surface area contributed by atoms with Crippen LogP contribution < -0.4 is 4.90 Å². The van der Waals surface area contributed by atoms with E-state index in [1.165, 1.54) is 29.7 Å².